The first-order valence-corrected chi connectivity index (χ1v) is 7.36. The lowest BCUT2D eigenvalue weighted by Gasteiger charge is -2.08. The summed E-state index contributed by atoms with van der Waals surface area (Å²) in [6.45, 7) is 0. The van der Waals surface area contributed by atoms with E-state index in [-0.39, 0.29) is 17.2 Å². The normalized spacial score (nSPS) is 13.0. The van der Waals surface area contributed by atoms with Gasteiger partial charge in [-0.1, -0.05) is 6.07 Å². The van der Waals surface area contributed by atoms with Crippen molar-refractivity contribution in [3.8, 4) is 5.75 Å². The molecule has 0 unspecified atom stereocenters. The molecule has 0 radical (unpaired) electrons. The Morgan fingerprint density at radius 1 is 1.24 bits per heavy atom. The SMILES string of the molecule is O=C(Nc1cccc(C(=O)O)c1O)c1cc2c(s1)CCC2. The number of fused-ring (bicyclic) bond motifs is 1. The van der Waals surface area contributed by atoms with Crippen molar-refractivity contribution in [1.82, 2.24) is 0 Å². The molecule has 0 spiro atoms. The van der Waals surface area contributed by atoms with E-state index in [1.807, 2.05) is 6.07 Å². The number of thiophene rings is 1. The van der Waals surface area contributed by atoms with E-state index < -0.39 is 11.7 Å². The van der Waals surface area contributed by atoms with E-state index in [1.54, 1.807) is 0 Å². The van der Waals surface area contributed by atoms with E-state index >= 15 is 0 Å². The number of hydrogen-bond donors (Lipinski definition) is 3. The Hall–Kier alpha value is -2.34. The maximum atomic E-state index is 12.2. The standard InChI is InChI=1S/C15H13NO4S/c17-13-9(15(19)20)4-2-5-10(13)16-14(18)12-7-8-3-1-6-11(8)21-12/h2,4-5,7,17H,1,3,6H2,(H,16,18)(H,19,20). The number of rotatable bonds is 3. The van der Waals surface area contributed by atoms with Gasteiger partial charge in [0.15, 0.2) is 5.75 Å². The molecule has 108 valence electrons. The Labute approximate surface area is 124 Å². The van der Waals surface area contributed by atoms with Crippen molar-refractivity contribution in [3.05, 3.63) is 45.1 Å². The van der Waals surface area contributed by atoms with Crippen LogP contribution in [0.3, 0.4) is 0 Å². The molecule has 0 atom stereocenters. The van der Waals surface area contributed by atoms with Crippen molar-refractivity contribution in [2.45, 2.75) is 19.3 Å². The summed E-state index contributed by atoms with van der Waals surface area (Å²) >= 11 is 1.46. The van der Waals surface area contributed by atoms with E-state index in [1.165, 1.54) is 40.0 Å². The highest BCUT2D eigenvalue weighted by molar-refractivity contribution is 7.14. The Bertz CT molecular complexity index is 714. The number of aryl methyl sites for hydroxylation is 2. The first kappa shape index (κ1) is 13.6. The second kappa shape index (κ2) is 5.21. The second-order valence-corrected chi connectivity index (χ2v) is 6.01. The van der Waals surface area contributed by atoms with Crippen LogP contribution in [0.1, 0.15) is 36.9 Å². The van der Waals surface area contributed by atoms with E-state index in [4.69, 9.17) is 5.11 Å². The molecule has 1 aromatic heterocycles. The molecule has 0 saturated carbocycles. The van der Waals surface area contributed by atoms with Crippen LogP contribution in [0.25, 0.3) is 0 Å². The smallest absolute Gasteiger partial charge is 0.339 e. The van der Waals surface area contributed by atoms with Crippen molar-refractivity contribution in [3.63, 3.8) is 0 Å². The molecule has 1 aromatic carbocycles. The number of carbonyl (C=O) groups excluding carboxylic acids is 1. The average Bonchev–Trinajstić information content (AvgIpc) is 3.01. The maximum Gasteiger partial charge on any atom is 0.339 e. The number of nitrogens with one attached hydrogen (secondary N) is 1. The topological polar surface area (TPSA) is 86.6 Å². The summed E-state index contributed by atoms with van der Waals surface area (Å²) in [7, 11) is 0. The molecule has 2 aromatic rings. The molecule has 5 nitrogen and oxygen atoms in total. The van der Waals surface area contributed by atoms with E-state index in [0.717, 1.165) is 19.3 Å². The molecule has 1 aliphatic rings. The number of aromatic hydroxyl groups is 1. The molecule has 0 bridgehead atoms. The molecule has 0 saturated heterocycles. The first-order chi connectivity index (χ1) is 10.1. The minimum absolute atomic E-state index is 0.105. The zero-order chi connectivity index (χ0) is 15.0. The van der Waals surface area contributed by atoms with Crippen LogP contribution in [0.5, 0.6) is 5.75 Å². The van der Waals surface area contributed by atoms with Crippen molar-refractivity contribution < 1.29 is 19.8 Å². The molecule has 6 heteroatoms. The van der Waals surface area contributed by atoms with Crippen molar-refractivity contribution in [2.75, 3.05) is 5.32 Å². The molecule has 1 aliphatic carbocycles. The van der Waals surface area contributed by atoms with Gasteiger partial charge in [-0.2, -0.15) is 0 Å². The molecule has 0 aliphatic heterocycles. The van der Waals surface area contributed by atoms with Gasteiger partial charge in [0.2, 0.25) is 0 Å². The summed E-state index contributed by atoms with van der Waals surface area (Å²) in [4.78, 5) is 25.0. The van der Waals surface area contributed by atoms with Crippen molar-refractivity contribution in [2.24, 2.45) is 0 Å². The fourth-order valence-corrected chi connectivity index (χ4v) is 3.59. The highest BCUT2D eigenvalue weighted by Crippen LogP contribution is 2.32. The highest BCUT2D eigenvalue weighted by Gasteiger charge is 2.20. The quantitative estimate of drug-likeness (QED) is 0.761. The van der Waals surface area contributed by atoms with Crippen LogP contribution >= 0.6 is 11.3 Å². The summed E-state index contributed by atoms with van der Waals surface area (Å²) in [6.07, 6.45) is 3.14. The van der Waals surface area contributed by atoms with Crippen LogP contribution in [0.15, 0.2) is 24.3 Å². The lowest BCUT2D eigenvalue weighted by atomic mass is 10.1. The monoisotopic (exact) mass is 303 g/mol. The minimum atomic E-state index is -1.24. The number of carboxylic acids is 1. The lowest BCUT2D eigenvalue weighted by Crippen LogP contribution is -2.11. The van der Waals surface area contributed by atoms with Gasteiger partial charge in [-0.3, -0.25) is 4.79 Å². The van der Waals surface area contributed by atoms with E-state index in [2.05, 4.69) is 5.32 Å². The first-order valence-electron chi connectivity index (χ1n) is 6.54. The van der Waals surface area contributed by atoms with Crippen LogP contribution in [-0.2, 0) is 12.8 Å². The molecule has 21 heavy (non-hydrogen) atoms. The summed E-state index contributed by atoms with van der Waals surface area (Å²) in [5.74, 6) is -1.99. The van der Waals surface area contributed by atoms with Crippen LogP contribution in [0.2, 0.25) is 0 Å². The van der Waals surface area contributed by atoms with Gasteiger partial charge < -0.3 is 15.5 Å². The van der Waals surface area contributed by atoms with Crippen LogP contribution < -0.4 is 5.32 Å². The summed E-state index contributed by atoms with van der Waals surface area (Å²) in [6, 6.07) is 6.11. The third-order valence-corrected chi connectivity index (χ3v) is 4.72. The van der Waals surface area contributed by atoms with Crippen LogP contribution in [0.4, 0.5) is 5.69 Å². The number of amides is 1. The van der Waals surface area contributed by atoms with E-state index in [0.29, 0.717) is 4.88 Å². The van der Waals surface area contributed by atoms with Crippen LogP contribution in [-0.4, -0.2) is 22.1 Å². The van der Waals surface area contributed by atoms with Gasteiger partial charge in [-0.15, -0.1) is 11.3 Å². The average molecular weight is 303 g/mol. The summed E-state index contributed by atoms with van der Waals surface area (Å²) in [5, 5.41) is 21.4. The Morgan fingerprint density at radius 3 is 2.76 bits per heavy atom. The van der Waals surface area contributed by atoms with Crippen molar-refractivity contribution >= 4 is 28.9 Å². The fraction of sp³-hybridized carbons (Fsp3) is 0.200. The van der Waals surface area contributed by atoms with Gasteiger partial charge in [0.25, 0.3) is 5.91 Å². The number of para-hydroxylation sites is 1. The Balaban J connectivity index is 1.84. The van der Waals surface area contributed by atoms with Gasteiger partial charge >= 0.3 is 5.97 Å². The fourth-order valence-electron chi connectivity index (χ4n) is 2.44. The molecule has 0 fully saturated rings. The number of benzene rings is 1. The largest absolute Gasteiger partial charge is 0.505 e. The van der Waals surface area contributed by atoms with E-state index in [9.17, 15) is 14.7 Å². The maximum absolute atomic E-state index is 12.2. The number of carboxylic acid groups (broad SMARTS) is 1. The predicted octanol–water partition coefficient (Wildman–Crippen LogP) is 2.89. The number of anilines is 1. The van der Waals surface area contributed by atoms with Gasteiger partial charge in [0.1, 0.15) is 5.56 Å². The van der Waals surface area contributed by atoms with Gasteiger partial charge in [0.05, 0.1) is 10.6 Å². The molecular formula is C15H13NO4S. The molecule has 3 rings (SSSR count). The summed E-state index contributed by atoms with van der Waals surface area (Å²) in [5.41, 5.74) is 1.09. The lowest BCUT2D eigenvalue weighted by molar-refractivity contribution is 0.0693. The minimum Gasteiger partial charge on any atom is -0.505 e. The van der Waals surface area contributed by atoms with Crippen LogP contribution in [0, 0.1) is 0 Å². The number of hydrogen-bond acceptors (Lipinski definition) is 4. The number of phenols is 1. The molecule has 1 amide bonds. The Morgan fingerprint density at radius 2 is 2.05 bits per heavy atom. The zero-order valence-electron chi connectivity index (χ0n) is 11.0. The van der Waals surface area contributed by atoms with Gasteiger partial charge in [-0.05, 0) is 43.0 Å². The predicted molar refractivity (Wildman–Crippen MR) is 79.4 cm³/mol. The van der Waals surface area contributed by atoms with Crippen molar-refractivity contribution in [1.29, 1.82) is 0 Å². The summed E-state index contributed by atoms with van der Waals surface area (Å²) < 4.78 is 0. The second-order valence-electron chi connectivity index (χ2n) is 4.87. The number of aromatic carboxylic acids is 1. The molecular weight excluding hydrogens is 290 g/mol. The molecule has 1 heterocycles. The van der Waals surface area contributed by atoms with Gasteiger partial charge in [-0.25, -0.2) is 4.79 Å². The third-order valence-electron chi connectivity index (χ3n) is 3.49. The number of carbonyl (C=O) groups is 2. The zero-order valence-corrected chi connectivity index (χ0v) is 11.9. The molecule has 3 N–H and O–H groups in total. The highest BCUT2D eigenvalue weighted by atomic mass is 32.1. The Kier molecular flexibility index (Phi) is 3.39. The van der Waals surface area contributed by atoms with Gasteiger partial charge in [0, 0.05) is 4.88 Å². The third kappa shape index (κ3) is 2.50.